The summed E-state index contributed by atoms with van der Waals surface area (Å²) >= 11 is 3.20. The van der Waals surface area contributed by atoms with Crippen LogP contribution in [-0.4, -0.2) is 13.0 Å². The van der Waals surface area contributed by atoms with Gasteiger partial charge in [-0.05, 0) is 51.0 Å². The average Bonchev–Trinajstić information content (AvgIpc) is 2.92. The van der Waals surface area contributed by atoms with Gasteiger partial charge in [0.25, 0.3) is 5.91 Å². The molecule has 2 aromatic carbocycles. The van der Waals surface area contributed by atoms with E-state index in [2.05, 4.69) is 15.9 Å². The summed E-state index contributed by atoms with van der Waals surface area (Å²) < 4.78 is 5.85. The monoisotopic (exact) mass is 329 g/mol. The molecule has 20 heavy (non-hydrogen) atoms. The molecule has 1 heterocycles. The lowest BCUT2D eigenvalue weighted by atomic mass is 10.1. The van der Waals surface area contributed by atoms with Gasteiger partial charge >= 0.3 is 0 Å². The molecule has 0 radical (unpaired) electrons. The zero-order chi connectivity index (χ0) is 14.1. The maximum absolute atomic E-state index is 12.3. The quantitative estimate of drug-likeness (QED) is 0.694. The summed E-state index contributed by atoms with van der Waals surface area (Å²) in [6.07, 6.45) is 0. The number of furan rings is 1. The zero-order valence-electron chi connectivity index (χ0n) is 10.8. The van der Waals surface area contributed by atoms with Gasteiger partial charge in [-0.3, -0.25) is 4.79 Å². The Bertz CT molecular complexity index is 779. The van der Waals surface area contributed by atoms with Gasteiger partial charge in [-0.25, -0.2) is 0 Å². The van der Waals surface area contributed by atoms with Crippen LogP contribution in [0.25, 0.3) is 10.8 Å². The van der Waals surface area contributed by atoms with Crippen LogP contribution in [0.5, 0.6) is 0 Å². The number of hydrogen-bond acceptors (Lipinski definition) is 2. The maximum Gasteiger partial charge on any atom is 0.293 e. The fourth-order valence-corrected chi connectivity index (χ4v) is 2.40. The minimum Gasteiger partial charge on any atom is -0.444 e. The van der Waals surface area contributed by atoms with E-state index in [9.17, 15) is 4.79 Å². The van der Waals surface area contributed by atoms with E-state index in [-0.39, 0.29) is 5.91 Å². The van der Waals surface area contributed by atoms with E-state index in [0.29, 0.717) is 10.4 Å². The number of rotatable bonds is 2. The standard InChI is InChI=1S/C16H12BrNO2/c1-18(16(19)14-8-9-15(17)20-14)13-7-6-11-4-2-3-5-12(11)10-13/h2-10H,1H3. The van der Waals surface area contributed by atoms with Gasteiger partial charge in [0.15, 0.2) is 10.4 Å². The Morgan fingerprint density at radius 2 is 1.80 bits per heavy atom. The second-order valence-corrected chi connectivity index (χ2v) is 5.28. The Morgan fingerprint density at radius 1 is 1.05 bits per heavy atom. The number of fused-ring (bicyclic) bond motifs is 1. The summed E-state index contributed by atoms with van der Waals surface area (Å²) in [4.78, 5) is 13.9. The van der Waals surface area contributed by atoms with Crippen LogP contribution in [0.4, 0.5) is 5.69 Å². The van der Waals surface area contributed by atoms with Crippen molar-refractivity contribution in [3.8, 4) is 0 Å². The third-order valence-electron chi connectivity index (χ3n) is 3.21. The fraction of sp³-hybridized carbons (Fsp3) is 0.0625. The molecule has 0 atom stereocenters. The van der Waals surface area contributed by atoms with Gasteiger partial charge in [0.05, 0.1) is 0 Å². The Labute approximate surface area is 124 Å². The maximum atomic E-state index is 12.3. The lowest BCUT2D eigenvalue weighted by molar-refractivity contribution is 0.0965. The van der Waals surface area contributed by atoms with Gasteiger partial charge in [-0.15, -0.1) is 0 Å². The van der Waals surface area contributed by atoms with Crippen LogP contribution < -0.4 is 4.90 Å². The molecule has 0 saturated carbocycles. The summed E-state index contributed by atoms with van der Waals surface area (Å²) in [6, 6.07) is 17.3. The first-order chi connectivity index (χ1) is 9.65. The topological polar surface area (TPSA) is 33.5 Å². The average molecular weight is 330 g/mol. The minimum atomic E-state index is -0.175. The molecule has 100 valence electrons. The van der Waals surface area contributed by atoms with Gasteiger partial charge in [-0.1, -0.05) is 30.3 Å². The predicted molar refractivity (Wildman–Crippen MR) is 83.1 cm³/mol. The molecular formula is C16H12BrNO2. The molecule has 4 heteroatoms. The highest BCUT2D eigenvalue weighted by Crippen LogP contribution is 2.23. The molecule has 1 aromatic heterocycles. The molecule has 0 spiro atoms. The Morgan fingerprint density at radius 3 is 2.50 bits per heavy atom. The van der Waals surface area contributed by atoms with Crippen molar-refractivity contribution >= 4 is 38.3 Å². The molecule has 0 aliphatic rings. The van der Waals surface area contributed by atoms with Crippen molar-refractivity contribution in [3.63, 3.8) is 0 Å². The summed E-state index contributed by atoms with van der Waals surface area (Å²) in [5.74, 6) is 0.138. The normalized spacial score (nSPS) is 10.7. The molecule has 0 aliphatic heterocycles. The molecular weight excluding hydrogens is 318 g/mol. The number of benzene rings is 2. The molecule has 3 rings (SSSR count). The van der Waals surface area contributed by atoms with E-state index in [0.717, 1.165) is 16.5 Å². The van der Waals surface area contributed by atoms with Crippen LogP contribution in [0.2, 0.25) is 0 Å². The van der Waals surface area contributed by atoms with Crippen LogP contribution >= 0.6 is 15.9 Å². The van der Waals surface area contributed by atoms with Crippen molar-refractivity contribution in [2.24, 2.45) is 0 Å². The van der Waals surface area contributed by atoms with Crippen molar-refractivity contribution in [2.75, 3.05) is 11.9 Å². The molecule has 0 saturated heterocycles. The largest absolute Gasteiger partial charge is 0.444 e. The van der Waals surface area contributed by atoms with Gasteiger partial charge < -0.3 is 9.32 Å². The van der Waals surface area contributed by atoms with E-state index in [1.165, 1.54) is 0 Å². The van der Waals surface area contributed by atoms with Crippen molar-refractivity contribution in [3.05, 3.63) is 65.0 Å². The summed E-state index contributed by atoms with van der Waals surface area (Å²) in [7, 11) is 1.74. The van der Waals surface area contributed by atoms with Gasteiger partial charge in [0.2, 0.25) is 0 Å². The number of carbonyl (C=O) groups is 1. The van der Waals surface area contributed by atoms with Crippen LogP contribution in [0.15, 0.2) is 63.7 Å². The van der Waals surface area contributed by atoms with Crippen LogP contribution in [0.3, 0.4) is 0 Å². The highest BCUT2D eigenvalue weighted by atomic mass is 79.9. The zero-order valence-corrected chi connectivity index (χ0v) is 12.4. The third kappa shape index (κ3) is 2.34. The van der Waals surface area contributed by atoms with Crippen molar-refractivity contribution in [2.45, 2.75) is 0 Å². The van der Waals surface area contributed by atoms with E-state index in [1.54, 1.807) is 24.1 Å². The number of hydrogen-bond donors (Lipinski definition) is 0. The summed E-state index contributed by atoms with van der Waals surface area (Å²) in [5.41, 5.74) is 0.834. The molecule has 3 nitrogen and oxygen atoms in total. The van der Waals surface area contributed by atoms with Crippen LogP contribution in [-0.2, 0) is 0 Å². The number of carbonyl (C=O) groups excluding carboxylic acids is 1. The third-order valence-corrected chi connectivity index (χ3v) is 3.64. The van der Waals surface area contributed by atoms with Crippen molar-refractivity contribution < 1.29 is 9.21 Å². The molecule has 0 unspecified atom stereocenters. The van der Waals surface area contributed by atoms with E-state index in [1.807, 2.05) is 42.5 Å². The first-order valence-corrected chi connectivity index (χ1v) is 6.96. The molecule has 0 N–H and O–H groups in total. The van der Waals surface area contributed by atoms with E-state index < -0.39 is 0 Å². The van der Waals surface area contributed by atoms with Crippen LogP contribution in [0.1, 0.15) is 10.6 Å². The molecule has 0 fully saturated rings. The fourth-order valence-electron chi connectivity index (χ4n) is 2.10. The van der Waals surface area contributed by atoms with E-state index in [4.69, 9.17) is 4.42 Å². The van der Waals surface area contributed by atoms with Gasteiger partial charge in [0.1, 0.15) is 0 Å². The Balaban J connectivity index is 1.95. The summed E-state index contributed by atoms with van der Waals surface area (Å²) in [5, 5.41) is 2.25. The number of amides is 1. The SMILES string of the molecule is CN(C(=O)c1ccc(Br)o1)c1ccc2ccccc2c1. The Kier molecular flexibility index (Phi) is 3.32. The van der Waals surface area contributed by atoms with Crippen molar-refractivity contribution in [1.82, 2.24) is 0 Å². The predicted octanol–water partition coefficient (Wildman–Crippen LogP) is 4.47. The van der Waals surface area contributed by atoms with Crippen LogP contribution in [0, 0.1) is 0 Å². The first kappa shape index (κ1) is 12.9. The van der Waals surface area contributed by atoms with E-state index >= 15 is 0 Å². The van der Waals surface area contributed by atoms with Gasteiger partial charge in [0, 0.05) is 12.7 Å². The minimum absolute atomic E-state index is 0.175. The summed E-state index contributed by atoms with van der Waals surface area (Å²) in [6.45, 7) is 0. The smallest absolute Gasteiger partial charge is 0.293 e. The molecule has 0 bridgehead atoms. The first-order valence-electron chi connectivity index (χ1n) is 6.17. The molecule has 0 aliphatic carbocycles. The second kappa shape index (κ2) is 5.13. The number of nitrogens with zero attached hydrogens (tertiary/aromatic N) is 1. The Hall–Kier alpha value is -2.07. The second-order valence-electron chi connectivity index (χ2n) is 4.50. The lowest BCUT2D eigenvalue weighted by Crippen LogP contribution is -2.25. The highest BCUT2D eigenvalue weighted by Gasteiger charge is 2.17. The van der Waals surface area contributed by atoms with Crippen molar-refractivity contribution in [1.29, 1.82) is 0 Å². The molecule has 1 amide bonds. The molecule has 3 aromatic rings. The van der Waals surface area contributed by atoms with Gasteiger partial charge in [-0.2, -0.15) is 0 Å². The lowest BCUT2D eigenvalue weighted by Gasteiger charge is -2.16. The highest BCUT2D eigenvalue weighted by molar-refractivity contribution is 9.10. The number of anilines is 1. The number of halogens is 1.